The van der Waals surface area contributed by atoms with E-state index in [0.717, 1.165) is 19.5 Å². The maximum atomic E-state index is 12.0. The number of likely N-dealkylation sites (tertiary alicyclic amines) is 1. The summed E-state index contributed by atoms with van der Waals surface area (Å²) in [7, 11) is 2.12. The molecule has 0 aromatic carbocycles. The molecule has 0 saturated carbocycles. The van der Waals surface area contributed by atoms with Crippen molar-refractivity contribution in [1.29, 1.82) is 0 Å². The van der Waals surface area contributed by atoms with Crippen molar-refractivity contribution in [3.05, 3.63) is 0 Å². The Morgan fingerprint density at radius 3 is 2.38 bits per heavy atom. The van der Waals surface area contributed by atoms with Crippen LogP contribution < -0.4 is 5.32 Å². The van der Waals surface area contributed by atoms with Gasteiger partial charge in [0.2, 0.25) is 5.91 Å². The molecule has 1 N–H and O–H groups in total. The standard InChI is InChI=1S/C13H26N2O/c1-9(2)11-6-12(8-15(5)7-11)13(16)14-10(3)4/h9-12H,6-8H2,1-5H3,(H,14,16). The Hall–Kier alpha value is -0.570. The van der Waals surface area contributed by atoms with Crippen LogP contribution in [0.3, 0.4) is 0 Å². The molecular weight excluding hydrogens is 200 g/mol. The average molecular weight is 226 g/mol. The van der Waals surface area contributed by atoms with Gasteiger partial charge in [-0.1, -0.05) is 13.8 Å². The zero-order valence-corrected chi connectivity index (χ0v) is 11.3. The molecule has 1 aliphatic heterocycles. The highest BCUT2D eigenvalue weighted by molar-refractivity contribution is 5.79. The van der Waals surface area contributed by atoms with Crippen LogP contribution >= 0.6 is 0 Å². The molecule has 0 spiro atoms. The van der Waals surface area contributed by atoms with Gasteiger partial charge in [-0.05, 0) is 39.2 Å². The Balaban J connectivity index is 2.56. The van der Waals surface area contributed by atoms with Crippen LogP contribution in [0.1, 0.15) is 34.1 Å². The first-order valence-corrected chi connectivity index (χ1v) is 6.39. The van der Waals surface area contributed by atoms with Crippen molar-refractivity contribution in [1.82, 2.24) is 10.2 Å². The van der Waals surface area contributed by atoms with Crippen LogP contribution in [0.4, 0.5) is 0 Å². The Bertz CT molecular complexity index is 238. The summed E-state index contributed by atoms with van der Waals surface area (Å²) in [6.45, 7) is 10.6. The van der Waals surface area contributed by atoms with E-state index < -0.39 is 0 Å². The monoisotopic (exact) mass is 226 g/mol. The first-order chi connectivity index (χ1) is 7.40. The predicted octanol–water partition coefficient (Wildman–Crippen LogP) is 1.73. The van der Waals surface area contributed by atoms with Gasteiger partial charge in [0, 0.05) is 19.1 Å². The molecule has 2 atom stereocenters. The van der Waals surface area contributed by atoms with Crippen molar-refractivity contribution in [2.45, 2.75) is 40.2 Å². The number of carbonyl (C=O) groups is 1. The molecule has 3 heteroatoms. The third-order valence-corrected chi connectivity index (χ3v) is 3.41. The van der Waals surface area contributed by atoms with Crippen molar-refractivity contribution in [2.24, 2.45) is 17.8 Å². The van der Waals surface area contributed by atoms with Crippen molar-refractivity contribution in [3.63, 3.8) is 0 Å². The maximum Gasteiger partial charge on any atom is 0.224 e. The van der Waals surface area contributed by atoms with E-state index in [2.05, 4.69) is 31.1 Å². The van der Waals surface area contributed by atoms with Gasteiger partial charge in [-0.15, -0.1) is 0 Å². The van der Waals surface area contributed by atoms with Gasteiger partial charge in [-0.25, -0.2) is 0 Å². The molecule has 1 heterocycles. The lowest BCUT2D eigenvalue weighted by Gasteiger charge is -2.37. The second-order valence-corrected chi connectivity index (χ2v) is 5.82. The predicted molar refractivity (Wildman–Crippen MR) is 67.2 cm³/mol. The number of piperidine rings is 1. The number of carbonyl (C=O) groups excluding carboxylic acids is 1. The van der Waals surface area contributed by atoms with Gasteiger partial charge in [0.05, 0.1) is 5.92 Å². The molecule has 1 fully saturated rings. The van der Waals surface area contributed by atoms with E-state index in [1.807, 2.05) is 13.8 Å². The lowest BCUT2D eigenvalue weighted by Crippen LogP contribution is -2.47. The fourth-order valence-electron chi connectivity index (χ4n) is 2.44. The van der Waals surface area contributed by atoms with Crippen LogP contribution in [0, 0.1) is 17.8 Å². The summed E-state index contributed by atoms with van der Waals surface area (Å²) in [6, 6.07) is 0.247. The third-order valence-electron chi connectivity index (χ3n) is 3.41. The van der Waals surface area contributed by atoms with Crippen molar-refractivity contribution >= 4 is 5.91 Å². The number of nitrogens with one attached hydrogen (secondary N) is 1. The normalized spacial score (nSPS) is 27.4. The lowest BCUT2D eigenvalue weighted by molar-refractivity contribution is -0.128. The quantitative estimate of drug-likeness (QED) is 0.795. The van der Waals surface area contributed by atoms with Gasteiger partial charge in [0.1, 0.15) is 0 Å². The molecule has 94 valence electrons. The smallest absolute Gasteiger partial charge is 0.224 e. The highest BCUT2D eigenvalue weighted by Gasteiger charge is 2.31. The average Bonchev–Trinajstić information content (AvgIpc) is 2.15. The number of amides is 1. The minimum Gasteiger partial charge on any atom is -0.354 e. The minimum atomic E-state index is 0.175. The molecule has 0 aliphatic carbocycles. The van der Waals surface area contributed by atoms with Crippen LogP contribution in [-0.4, -0.2) is 37.0 Å². The summed E-state index contributed by atoms with van der Waals surface area (Å²) in [5, 5.41) is 3.03. The second kappa shape index (κ2) is 5.67. The van der Waals surface area contributed by atoms with E-state index in [4.69, 9.17) is 0 Å². The van der Waals surface area contributed by atoms with E-state index in [9.17, 15) is 4.79 Å². The topological polar surface area (TPSA) is 32.3 Å². The van der Waals surface area contributed by atoms with E-state index in [1.165, 1.54) is 0 Å². The van der Waals surface area contributed by atoms with Crippen LogP contribution in [0.15, 0.2) is 0 Å². The largest absolute Gasteiger partial charge is 0.354 e. The molecule has 0 aromatic heterocycles. The molecular formula is C13H26N2O. The number of nitrogens with zero attached hydrogens (tertiary/aromatic N) is 1. The summed E-state index contributed by atoms with van der Waals surface area (Å²) < 4.78 is 0. The van der Waals surface area contributed by atoms with Crippen molar-refractivity contribution in [3.8, 4) is 0 Å². The molecule has 1 saturated heterocycles. The Kier molecular flexibility index (Phi) is 4.78. The van der Waals surface area contributed by atoms with Gasteiger partial charge in [-0.3, -0.25) is 4.79 Å². The fraction of sp³-hybridized carbons (Fsp3) is 0.923. The van der Waals surface area contributed by atoms with Gasteiger partial charge in [0.15, 0.2) is 0 Å². The molecule has 0 radical (unpaired) electrons. The third kappa shape index (κ3) is 3.78. The van der Waals surface area contributed by atoms with E-state index in [0.29, 0.717) is 11.8 Å². The first-order valence-electron chi connectivity index (χ1n) is 6.39. The van der Waals surface area contributed by atoms with Crippen molar-refractivity contribution in [2.75, 3.05) is 20.1 Å². The number of hydrogen-bond acceptors (Lipinski definition) is 2. The summed E-state index contributed by atoms with van der Waals surface area (Å²) in [5.74, 6) is 1.72. The second-order valence-electron chi connectivity index (χ2n) is 5.82. The molecule has 16 heavy (non-hydrogen) atoms. The molecule has 0 bridgehead atoms. The summed E-state index contributed by atoms with van der Waals surface area (Å²) in [6.07, 6.45) is 1.04. The highest BCUT2D eigenvalue weighted by Crippen LogP contribution is 2.26. The van der Waals surface area contributed by atoms with Gasteiger partial charge in [-0.2, -0.15) is 0 Å². The zero-order valence-electron chi connectivity index (χ0n) is 11.3. The van der Waals surface area contributed by atoms with Crippen LogP contribution in [0.5, 0.6) is 0 Å². The molecule has 0 aromatic rings. The van der Waals surface area contributed by atoms with Gasteiger partial charge < -0.3 is 10.2 Å². The Labute approximate surface area is 99.6 Å². The highest BCUT2D eigenvalue weighted by atomic mass is 16.2. The van der Waals surface area contributed by atoms with Crippen LogP contribution in [0.25, 0.3) is 0 Å². The molecule has 1 aliphatic rings. The van der Waals surface area contributed by atoms with E-state index in [1.54, 1.807) is 0 Å². The lowest BCUT2D eigenvalue weighted by atomic mass is 9.82. The number of hydrogen-bond donors (Lipinski definition) is 1. The molecule has 1 rings (SSSR count). The first kappa shape index (κ1) is 13.5. The van der Waals surface area contributed by atoms with E-state index >= 15 is 0 Å². The maximum absolute atomic E-state index is 12.0. The van der Waals surface area contributed by atoms with Crippen LogP contribution in [-0.2, 0) is 4.79 Å². The summed E-state index contributed by atoms with van der Waals surface area (Å²) in [5.41, 5.74) is 0. The molecule has 3 nitrogen and oxygen atoms in total. The minimum absolute atomic E-state index is 0.175. The Morgan fingerprint density at radius 2 is 1.88 bits per heavy atom. The van der Waals surface area contributed by atoms with Gasteiger partial charge in [0.25, 0.3) is 0 Å². The summed E-state index contributed by atoms with van der Waals surface area (Å²) >= 11 is 0. The summed E-state index contributed by atoms with van der Waals surface area (Å²) in [4.78, 5) is 14.3. The number of rotatable bonds is 3. The van der Waals surface area contributed by atoms with Crippen molar-refractivity contribution < 1.29 is 4.79 Å². The zero-order chi connectivity index (χ0) is 12.3. The van der Waals surface area contributed by atoms with Gasteiger partial charge >= 0.3 is 0 Å². The van der Waals surface area contributed by atoms with E-state index in [-0.39, 0.29) is 17.9 Å². The molecule has 2 unspecified atom stereocenters. The van der Waals surface area contributed by atoms with Crippen LogP contribution in [0.2, 0.25) is 0 Å². The molecule has 1 amide bonds. The fourth-order valence-corrected chi connectivity index (χ4v) is 2.44. The Morgan fingerprint density at radius 1 is 1.25 bits per heavy atom. The SMILES string of the molecule is CC(C)NC(=O)C1CC(C(C)C)CN(C)C1.